The Labute approximate surface area is 148 Å². The molecule has 0 amide bonds. The molecule has 0 radical (unpaired) electrons. The van der Waals surface area contributed by atoms with Gasteiger partial charge in [0.1, 0.15) is 0 Å². The highest BCUT2D eigenvalue weighted by atomic mass is 16.7. The van der Waals surface area contributed by atoms with Crippen molar-refractivity contribution in [1.29, 1.82) is 0 Å². The first-order valence-corrected chi connectivity index (χ1v) is 10.1. The summed E-state index contributed by atoms with van der Waals surface area (Å²) in [4.78, 5) is 8.42. The second-order valence-electron chi connectivity index (χ2n) is 7.29. The van der Waals surface area contributed by atoms with Crippen LogP contribution in [0.3, 0.4) is 0 Å². The minimum Gasteiger partial charge on any atom is -0.470 e. The summed E-state index contributed by atoms with van der Waals surface area (Å²) in [6.07, 6.45) is 6.40. The molecule has 2 unspecified atom stereocenters. The summed E-state index contributed by atoms with van der Waals surface area (Å²) >= 11 is 0. The van der Waals surface area contributed by atoms with Gasteiger partial charge in [0.05, 0.1) is 0 Å². The van der Waals surface area contributed by atoms with Gasteiger partial charge in [-0.25, -0.2) is 0 Å². The predicted molar refractivity (Wildman–Crippen MR) is 99.3 cm³/mol. The molecule has 3 heterocycles. The number of likely N-dealkylation sites (tertiary alicyclic amines) is 1. The van der Waals surface area contributed by atoms with E-state index in [-0.39, 0.29) is 12.2 Å². The lowest BCUT2D eigenvalue weighted by atomic mass is 9.96. The van der Waals surface area contributed by atoms with E-state index < -0.39 is 0 Å². The van der Waals surface area contributed by atoms with Gasteiger partial charge in [-0.2, -0.15) is 0 Å². The number of oxime groups is 1. The van der Waals surface area contributed by atoms with Crippen LogP contribution in [0.5, 0.6) is 0 Å². The standard InChI is InChI=1S/C17H31N3O2.C2H6/c1-13(2)16-15(12-20-10-4-3-5-11-20)21-17(19-22-16)14-6-8-18-9-7-14;1-2/h13-16,18H,3-12H2,1-2H3;1-2H3. The van der Waals surface area contributed by atoms with Gasteiger partial charge in [-0.3, -0.25) is 4.90 Å². The molecule has 5 nitrogen and oxygen atoms in total. The first-order valence-electron chi connectivity index (χ1n) is 10.1. The van der Waals surface area contributed by atoms with Gasteiger partial charge in [0.15, 0.2) is 12.2 Å². The van der Waals surface area contributed by atoms with E-state index >= 15 is 0 Å². The van der Waals surface area contributed by atoms with Crippen LogP contribution < -0.4 is 5.32 Å². The van der Waals surface area contributed by atoms with Crippen LogP contribution in [0, 0.1) is 11.8 Å². The van der Waals surface area contributed by atoms with Crippen molar-refractivity contribution in [2.24, 2.45) is 17.0 Å². The van der Waals surface area contributed by atoms with Crippen LogP contribution in [0.15, 0.2) is 5.16 Å². The fourth-order valence-electron chi connectivity index (χ4n) is 3.75. The van der Waals surface area contributed by atoms with E-state index in [1.807, 2.05) is 13.8 Å². The zero-order valence-corrected chi connectivity index (χ0v) is 16.1. The first-order chi connectivity index (χ1) is 11.7. The molecule has 24 heavy (non-hydrogen) atoms. The Hall–Kier alpha value is -0.810. The molecule has 3 aliphatic rings. The van der Waals surface area contributed by atoms with Crippen molar-refractivity contribution in [3.05, 3.63) is 0 Å². The maximum Gasteiger partial charge on any atom is 0.229 e. The fourth-order valence-corrected chi connectivity index (χ4v) is 3.75. The summed E-state index contributed by atoms with van der Waals surface area (Å²) in [5, 5.41) is 7.75. The molecule has 0 spiro atoms. The lowest BCUT2D eigenvalue weighted by molar-refractivity contribution is -0.0970. The second kappa shape index (κ2) is 10.2. The Bertz CT molecular complexity index is 375. The van der Waals surface area contributed by atoms with Gasteiger partial charge in [0.25, 0.3) is 0 Å². The SMILES string of the molecule is CC.CC(C)C1ON=C(C2CCNCC2)OC1CN1CCCCC1. The summed E-state index contributed by atoms with van der Waals surface area (Å²) in [6, 6.07) is 0. The molecule has 3 aliphatic heterocycles. The topological polar surface area (TPSA) is 46.1 Å². The van der Waals surface area contributed by atoms with Crippen molar-refractivity contribution in [3.8, 4) is 0 Å². The molecule has 2 saturated heterocycles. The van der Waals surface area contributed by atoms with E-state index in [1.165, 1.54) is 32.4 Å². The molecular formula is C19H37N3O2. The van der Waals surface area contributed by atoms with Gasteiger partial charge < -0.3 is 14.9 Å². The first kappa shape index (κ1) is 19.5. The number of nitrogens with one attached hydrogen (secondary N) is 1. The molecule has 3 rings (SSSR count). The monoisotopic (exact) mass is 339 g/mol. The Kier molecular flexibility index (Phi) is 8.33. The summed E-state index contributed by atoms with van der Waals surface area (Å²) in [5.41, 5.74) is 0. The van der Waals surface area contributed by atoms with Gasteiger partial charge in [0, 0.05) is 12.5 Å². The number of rotatable bonds is 4. The van der Waals surface area contributed by atoms with Gasteiger partial charge in [-0.15, -0.1) is 0 Å². The number of piperidine rings is 2. The van der Waals surface area contributed by atoms with Crippen LogP contribution in [0.25, 0.3) is 0 Å². The van der Waals surface area contributed by atoms with E-state index in [4.69, 9.17) is 9.57 Å². The van der Waals surface area contributed by atoms with Gasteiger partial charge in [-0.05, 0) is 57.8 Å². The van der Waals surface area contributed by atoms with Crippen molar-refractivity contribution in [1.82, 2.24) is 10.2 Å². The molecule has 5 heteroatoms. The number of nitrogens with zero attached hydrogens (tertiary/aromatic N) is 2. The van der Waals surface area contributed by atoms with E-state index in [1.54, 1.807) is 0 Å². The second-order valence-corrected chi connectivity index (χ2v) is 7.29. The zero-order chi connectivity index (χ0) is 17.4. The summed E-state index contributed by atoms with van der Waals surface area (Å²) in [5.74, 6) is 1.70. The quantitative estimate of drug-likeness (QED) is 0.854. The van der Waals surface area contributed by atoms with Crippen LogP contribution in [0.4, 0.5) is 0 Å². The third-order valence-electron chi connectivity index (χ3n) is 5.14. The highest BCUT2D eigenvalue weighted by Gasteiger charge is 2.37. The molecule has 0 aromatic heterocycles. The van der Waals surface area contributed by atoms with E-state index in [2.05, 4.69) is 29.2 Å². The molecule has 2 fully saturated rings. The van der Waals surface area contributed by atoms with Crippen molar-refractivity contribution in [3.63, 3.8) is 0 Å². The molecule has 0 saturated carbocycles. The fraction of sp³-hybridized carbons (Fsp3) is 0.947. The number of hydrogen-bond donors (Lipinski definition) is 1. The Morgan fingerprint density at radius 1 is 1.12 bits per heavy atom. The van der Waals surface area contributed by atoms with Crippen LogP contribution in [-0.2, 0) is 9.57 Å². The highest BCUT2D eigenvalue weighted by molar-refractivity contribution is 5.79. The highest BCUT2D eigenvalue weighted by Crippen LogP contribution is 2.26. The lowest BCUT2D eigenvalue weighted by Crippen LogP contribution is -2.49. The Morgan fingerprint density at radius 3 is 2.42 bits per heavy atom. The van der Waals surface area contributed by atoms with Crippen LogP contribution >= 0.6 is 0 Å². The largest absolute Gasteiger partial charge is 0.470 e. The third kappa shape index (κ3) is 5.35. The van der Waals surface area contributed by atoms with Crippen molar-refractivity contribution in [2.45, 2.75) is 72.0 Å². The average Bonchev–Trinajstić information content (AvgIpc) is 2.65. The summed E-state index contributed by atoms with van der Waals surface area (Å²) in [7, 11) is 0. The van der Waals surface area contributed by atoms with Gasteiger partial charge >= 0.3 is 0 Å². The molecular weight excluding hydrogens is 302 g/mol. The maximum atomic E-state index is 6.36. The van der Waals surface area contributed by atoms with Crippen molar-refractivity contribution in [2.75, 3.05) is 32.7 Å². The van der Waals surface area contributed by atoms with E-state index in [0.29, 0.717) is 11.8 Å². The Balaban J connectivity index is 0.00000100. The summed E-state index contributed by atoms with van der Waals surface area (Å²) in [6.45, 7) is 13.9. The number of hydrogen-bond acceptors (Lipinski definition) is 5. The third-order valence-corrected chi connectivity index (χ3v) is 5.14. The van der Waals surface area contributed by atoms with Crippen LogP contribution in [0.2, 0.25) is 0 Å². The van der Waals surface area contributed by atoms with Crippen molar-refractivity contribution < 1.29 is 9.57 Å². The molecule has 0 aromatic rings. The van der Waals surface area contributed by atoms with Gasteiger partial charge in [0.2, 0.25) is 5.90 Å². The molecule has 2 atom stereocenters. The molecule has 0 aliphatic carbocycles. The van der Waals surface area contributed by atoms with Gasteiger partial charge in [-0.1, -0.05) is 39.3 Å². The number of ether oxygens (including phenoxy) is 1. The van der Waals surface area contributed by atoms with Crippen LogP contribution in [-0.4, -0.2) is 55.7 Å². The lowest BCUT2D eigenvalue weighted by Gasteiger charge is -2.38. The zero-order valence-electron chi connectivity index (χ0n) is 16.1. The minimum atomic E-state index is 0.0763. The predicted octanol–water partition coefficient (Wildman–Crippen LogP) is 3.25. The summed E-state index contributed by atoms with van der Waals surface area (Å²) < 4.78 is 6.36. The smallest absolute Gasteiger partial charge is 0.229 e. The molecule has 140 valence electrons. The van der Waals surface area contributed by atoms with Crippen molar-refractivity contribution >= 4 is 5.90 Å². The normalized spacial score (nSPS) is 29.1. The van der Waals surface area contributed by atoms with E-state index in [0.717, 1.165) is 38.4 Å². The van der Waals surface area contributed by atoms with Crippen LogP contribution in [0.1, 0.15) is 59.8 Å². The molecule has 0 aromatic carbocycles. The van der Waals surface area contributed by atoms with E-state index in [9.17, 15) is 0 Å². The maximum absolute atomic E-state index is 6.36. The minimum absolute atomic E-state index is 0.0763. The molecule has 1 N–H and O–H groups in total. The average molecular weight is 340 g/mol. The molecule has 0 bridgehead atoms. The Morgan fingerprint density at radius 2 is 1.79 bits per heavy atom.